The first-order valence-electron chi connectivity index (χ1n) is 9.57. The summed E-state index contributed by atoms with van der Waals surface area (Å²) in [6.45, 7) is 4.20. The standard InChI is InChI=1S/C21H26N2O7S/c1-12-7-18(28-4)13(2)14(3)20(12)31(26,27)23(16(10-24)21(22)25)9-15-5-6-17-19(8-15)30-11-29-17/h5-8,16,24H,9-11H2,1-4H3,(H2,22,25). The molecule has 0 aromatic heterocycles. The Balaban J connectivity index is 2.13. The molecule has 0 saturated heterocycles. The van der Waals surface area contributed by atoms with Gasteiger partial charge in [0.25, 0.3) is 0 Å². The number of primary amides is 1. The number of carbonyl (C=O) groups is 1. The van der Waals surface area contributed by atoms with Gasteiger partial charge in [0.15, 0.2) is 11.5 Å². The van der Waals surface area contributed by atoms with Gasteiger partial charge in [0.2, 0.25) is 22.7 Å². The summed E-state index contributed by atoms with van der Waals surface area (Å²) in [5.41, 5.74) is 7.61. The van der Waals surface area contributed by atoms with E-state index in [4.69, 9.17) is 19.9 Å². The number of aryl methyl sites for hydroxylation is 1. The largest absolute Gasteiger partial charge is 0.496 e. The lowest BCUT2D eigenvalue weighted by atomic mass is 10.1. The Hall–Kier alpha value is -2.82. The molecule has 1 atom stereocenters. The number of carbonyl (C=O) groups excluding carboxylic acids is 1. The first-order valence-corrected chi connectivity index (χ1v) is 11.0. The summed E-state index contributed by atoms with van der Waals surface area (Å²) in [4.78, 5) is 12.1. The molecule has 1 unspecified atom stereocenters. The molecule has 31 heavy (non-hydrogen) atoms. The van der Waals surface area contributed by atoms with Crippen LogP contribution in [0.1, 0.15) is 22.3 Å². The smallest absolute Gasteiger partial charge is 0.244 e. The zero-order valence-corrected chi connectivity index (χ0v) is 18.7. The SMILES string of the molecule is COc1cc(C)c(S(=O)(=O)N(Cc2ccc3c(c2)OCO3)C(CO)C(N)=O)c(C)c1C. The number of fused-ring (bicyclic) bond motifs is 1. The van der Waals surface area contributed by atoms with E-state index in [1.165, 1.54) is 7.11 Å². The number of rotatable bonds is 8. The highest BCUT2D eigenvalue weighted by molar-refractivity contribution is 7.89. The number of benzene rings is 2. The molecule has 9 nitrogen and oxygen atoms in total. The maximum atomic E-state index is 13.8. The Kier molecular flexibility index (Phi) is 6.44. The number of nitrogens with two attached hydrogens (primary N) is 1. The third kappa shape index (κ3) is 4.18. The molecule has 0 spiro atoms. The molecular formula is C21H26N2O7S. The van der Waals surface area contributed by atoms with E-state index < -0.39 is 28.6 Å². The van der Waals surface area contributed by atoms with Gasteiger partial charge >= 0.3 is 0 Å². The Morgan fingerprint density at radius 1 is 1.19 bits per heavy atom. The molecule has 168 valence electrons. The van der Waals surface area contributed by atoms with Crippen LogP contribution in [0.15, 0.2) is 29.2 Å². The highest BCUT2D eigenvalue weighted by atomic mass is 32.2. The van der Waals surface area contributed by atoms with Crippen LogP contribution < -0.4 is 19.9 Å². The molecule has 3 rings (SSSR count). The molecule has 3 N–H and O–H groups in total. The quantitative estimate of drug-likeness (QED) is 0.622. The lowest BCUT2D eigenvalue weighted by molar-refractivity contribution is -0.122. The van der Waals surface area contributed by atoms with Crippen molar-refractivity contribution in [3.05, 3.63) is 46.5 Å². The van der Waals surface area contributed by atoms with E-state index >= 15 is 0 Å². The molecule has 0 radical (unpaired) electrons. The number of methoxy groups -OCH3 is 1. The van der Waals surface area contributed by atoms with Crippen LogP contribution in [0.2, 0.25) is 0 Å². The fraction of sp³-hybridized carbons (Fsp3) is 0.381. The van der Waals surface area contributed by atoms with Crippen LogP contribution >= 0.6 is 0 Å². The molecule has 0 fully saturated rings. The molecule has 1 aliphatic rings. The number of hydrogen-bond donors (Lipinski definition) is 2. The van der Waals surface area contributed by atoms with Gasteiger partial charge in [0.1, 0.15) is 11.8 Å². The predicted molar refractivity (Wildman–Crippen MR) is 113 cm³/mol. The minimum Gasteiger partial charge on any atom is -0.496 e. The van der Waals surface area contributed by atoms with Crippen LogP contribution in [0.3, 0.4) is 0 Å². The monoisotopic (exact) mass is 450 g/mol. The third-order valence-corrected chi connectivity index (χ3v) is 7.53. The van der Waals surface area contributed by atoms with Gasteiger partial charge in [-0.25, -0.2) is 8.42 Å². The number of amides is 1. The van der Waals surface area contributed by atoms with Gasteiger partial charge in [-0.15, -0.1) is 0 Å². The number of ether oxygens (including phenoxy) is 3. The number of sulfonamides is 1. The minimum absolute atomic E-state index is 0.0474. The van der Waals surface area contributed by atoms with Gasteiger partial charge in [-0.1, -0.05) is 6.07 Å². The van der Waals surface area contributed by atoms with Crippen molar-refractivity contribution in [3.63, 3.8) is 0 Å². The normalized spacial score (nSPS) is 14.0. The van der Waals surface area contributed by atoms with Crippen LogP contribution in [-0.4, -0.2) is 50.3 Å². The Labute approximate surface area is 181 Å². The molecule has 10 heteroatoms. The van der Waals surface area contributed by atoms with Crippen molar-refractivity contribution < 1.29 is 32.5 Å². The molecule has 1 heterocycles. The van der Waals surface area contributed by atoms with Crippen LogP contribution in [0, 0.1) is 20.8 Å². The van der Waals surface area contributed by atoms with Crippen LogP contribution in [0.5, 0.6) is 17.2 Å². The van der Waals surface area contributed by atoms with Gasteiger partial charge in [-0.2, -0.15) is 4.31 Å². The highest BCUT2D eigenvalue weighted by Gasteiger charge is 2.37. The fourth-order valence-corrected chi connectivity index (χ4v) is 5.72. The van der Waals surface area contributed by atoms with Gasteiger partial charge in [0, 0.05) is 6.54 Å². The van der Waals surface area contributed by atoms with E-state index in [0.29, 0.717) is 39.5 Å². The lowest BCUT2D eigenvalue weighted by Gasteiger charge is -2.29. The van der Waals surface area contributed by atoms with E-state index in [2.05, 4.69) is 0 Å². The minimum atomic E-state index is -4.23. The summed E-state index contributed by atoms with van der Waals surface area (Å²) in [7, 11) is -2.72. The molecule has 2 aromatic carbocycles. The Bertz CT molecular complexity index is 1120. The van der Waals surface area contributed by atoms with Gasteiger partial charge in [0.05, 0.1) is 18.6 Å². The first kappa shape index (κ1) is 22.9. The summed E-state index contributed by atoms with van der Waals surface area (Å²) in [6.07, 6.45) is 0. The number of hydrogen-bond acceptors (Lipinski definition) is 7. The van der Waals surface area contributed by atoms with Crippen LogP contribution in [-0.2, 0) is 21.4 Å². The average molecular weight is 451 g/mol. The number of aliphatic hydroxyl groups excluding tert-OH is 1. The van der Waals surface area contributed by atoms with E-state index in [0.717, 1.165) is 4.31 Å². The fourth-order valence-electron chi connectivity index (χ4n) is 3.65. The highest BCUT2D eigenvalue weighted by Crippen LogP contribution is 2.36. The van der Waals surface area contributed by atoms with Crippen molar-refractivity contribution in [2.24, 2.45) is 5.73 Å². The summed E-state index contributed by atoms with van der Waals surface area (Å²) in [5.74, 6) is 0.628. The van der Waals surface area contributed by atoms with Crippen molar-refractivity contribution >= 4 is 15.9 Å². The van der Waals surface area contributed by atoms with E-state index in [9.17, 15) is 18.3 Å². The molecule has 1 amide bonds. The van der Waals surface area contributed by atoms with Gasteiger partial charge < -0.3 is 25.1 Å². The maximum absolute atomic E-state index is 13.8. The number of nitrogens with zero attached hydrogens (tertiary/aromatic N) is 1. The Morgan fingerprint density at radius 3 is 2.48 bits per heavy atom. The van der Waals surface area contributed by atoms with Crippen molar-refractivity contribution in [1.82, 2.24) is 4.31 Å². The second kappa shape index (κ2) is 8.74. The van der Waals surface area contributed by atoms with E-state index in [-0.39, 0.29) is 18.2 Å². The molecule has 1 aliphatic heterocycles. The molecule has 0 aliphatic carbocycles. The third-order valence-electron chi connectivity index (χ3n) is 5.39. The van der Waals surface area contributed by atoms with Crippen LogP contribution in [0.4, 0.5) is 0 Å². The molecule has 0 saturated carbocycles. The second-order valence-corrected chi connectivity index (χ2v) is 9.14. The predicted octanol–water partition coefficient (Wildman–Crippen LogP) is 1.39. The van der Waals surface area contributed by atoms with Crippen molar-refractivity contribution in [1.29, 1.82) is 0 Å². The van der Waals surface area contributed by atoms with Crippen molar-refractivity contribution in [3.8, 4) is 17.2 Å². The van der Waals surface area contributed by atoms with Gasteiger partial charge in [-0.3, -0.25) is 4.79 Å². The molecular weight excluding hydrogens is 424 g/mol. The molecule has 0 bridgehead atoms. The second-order valence-electron chi connectivity index (χ2n) is 7.31. The average Bonchev–Trinajstić information content (AvgIpc) is 3.18. The molecule has 2 aromatic rings. The Morgan fingerprint density at radius 2 is 1.87 bits per heavy atom. The topological polar surface area (TPSA) is 128 Å². The van der Waals surface area contributed by atoms with Crippen LogP contribution in [0.25, 0.3) is 0 Å². The maximum Gasteiger partial charge on any atom is 0.244 e. The summed E-state index contributed by atoms with van der Waals surface area (Å²) < 4.78 is 44.5. The summed E-state index contributed by atoms with van der Waals surface area (Å²) in [6, 6.07) is 5.15. The zero-order valence-electron chi connectivity index (χ0n) is 17.8. The lowest BCUT2D eigenvalue weighted by Crippen LogP contribution is -2.49. The van der Waals surface area contributed by atoms with Gasteiger partial charge in [-0.05, 0) is 61.2 Å². The zero-order chi connectivity index (χ0) is 22.9. The van der Waals surface area contributed by atoms with Crippen molar-refractivity contribution in [2.75, 3.05) is 20.5 Å². The summed E-state index contributed by atoms with van der Waals surface area (Å²) >= 11 is 0. The first-order chi connectivity index (χ1) is 14.6. The van der Waals surface area contributed by atoms with E-state index in [1.54, 1.807) is 45.0 Å². The van der Waals surface area contributed by atoms with E-state index in [1.807, 2.05) is 0 Å². The number of aliphatic hydroxyl groups is 1. The van der Waals surface area contributed by atoms with Crippen molar-refractivity contribution in [2.45, 2.75) is 38.3 Å². The summed E-state index contributed by atoms with van der Waals surface area (Å²) in [5, 5.41) is 9.81.